The molecule has 3 rings (SSSR count). The maximum Gasteiger partial charge on any atom is 0.1000 e. The Kier molecular flexibility index (Phi) is 2.24. The summed E-state index contributed by atoms with van der Waals surface area (Å²) in [5, 5.41) is 17.0. The standard InChI is InChI=1S/C14H10N4/c15-8-9-1-3-10(4-2-9)14-12-7-11(16)5-6-13(12)17-18-14/h1-7H,16H2,(H,17,18). The molecule has 0 saturated carbocycles. The predicted molar refractivity (Wildman–Crippen MR) is 70.7 cm³/mol. The summed E-state index contributed by atoms with van der Waals surface area (Å²) in [5.74, 6) is 0. The van der Waals surface area contributed by atoms with Crippen LogP contribution < -0.4 is 5.73 Å². The minimum absolute atomic E-state index is 0.637. The van der Waals surface area contributed by atoms with Crippen molar-refractivity contribution in [2.24, 2.45) is 0 Å². The summed E-state index contributed by atoms with van der Waals surface area (Å²) in [6.45, 7) is 0. The third-order valence-corrected chi connectivity index (χ3v) is 2.87. The molecule has 0 saturated heterocycles. The van der Waals surface area contributed by atoms with Crippen LogP contribution in [-0.4, -0.2) is 10.2 Å². The van der Waals surface area contributed by atoms with Gasteiger partial charge < -0.3 is 5.73 Å². The van der Waals surface area contributed by atoms with Crippen LogP contribution in [0.1, 0.15) is 5.56 Å². The van der Waals surface area contributed by atoms with Crippen molar-refractivity contribution in [1.82, 2.24) is 10.2 Å². The normalized spacial score (nSPS) is 10.4. The number of nitrogens with zero attached hydrogens (tertiary/aromatic N) is 2. The smallest absolute Gasteiger partial charge is 0.1000 e. The van der Waals surface area contributed by atoms with E-state index >= 15 is 0 Å². The van der Waals surface area contributed by atoms with E-state index in [1.807, 2.05) is 30.3 Å². The fourth-order valence-corrected chi connectivity index (χ4v) is 1.95. The van der Waals surface area contributed by atoms with Gasteiger partial charge in [0.2, 0.25) is 0 Å². The molecule has 0 aliphatic heterocycles. The number of hydrogen-bond donors (Lipinski definition) is 2. The average molecular weight is 234 g/mol. The van der Waals surface area contributed by atoms with Gasteiger partial charge in [0.05, 0.1) is 22.8 Å². The van der Waals surface area contributed by atoms with Gasteiger partial charge in [-0.05, 0) is 30.3 Å². The largest absolute Gasteiger partial charge is 0.399 e. The number of anilines is 1. The molecule has 0 aliphatic carbocycles. The number of hydrogen-bond acceptors (Lipinski definition) is 3. The van der Waals surface area contributed by atoms with Gasteiger partial charge in [-0.2, -0.15) is 10.4 Å². The van der Waals surface area contributed by atoms with E-state index in [2.05, 4.69) is 16.3 Å². The van der Waals surface area contributed by atoms with Crippen LogP contribution >= 0.6 is 0 Å². The molecular formula is C14H10N4. The van der Waals surface area contributed by atoms with Gasteiger partial charge in [0.25, 0.3) is 0 Å². The van der Waals surface area contributed by atoms with Crippen molar-refractivity contribution in [3.8, 4) is 17.3 Å². The van der Waals surface area contributed by atoms with Gasteiger partial charge in [-0.3, -0.25) is 5.10 Å². The Balaban J connectivity index is 2.19. The number of aromatic nitrogens is 2. The van der Waals surface area contributed by atoms with Gasteiger partial charge in [-0.25, -0.2) is 0 Å². The minimum atomic E-state index is 0.637. The van der Waals surface area contributed by atoms with Crippen molar-refractivity contribution in [2.75, 3.05) is 5.73 Å². The Labute approximate surface area is 104 Å². The molecule has 2 aromatic carbocycles. The summed E-state index contributed by atoms with van der Waals surface area (Å²) in [7, 11) is 0. The van der Waals surface area contributed by atoms with Gasteiger partial charge >= 0.3 is 0 Å². The third-order valence-electron chi connectivity index (χ3n) is 2.87. The molecule has 4 heteroatoms. The lowest BCUT2D eigenvalue weighted by atomic mass is 10.1. The summed E-state index contributed by atoms with van der Waals surface area (Å²) in [6.07, 6.45) is 0. The highest BCUT2D eigenvalue weighted by molar-refractivity contribution is 5.94. The number of benzene rings is 2. The van der Waals surface area contributed by atoms with Crippen molar-refractivity contribution in [2.45, 2.75) is 0 Å². The number of rotatable bonds is 1. The molecule has 86 valence electrons. The number of nitriles is 1. The van der Waals surface area contributed by atoms with Crippen LogP contribution in [0.2, 0.25) is 0 Å². The molecule has 4 nitrogen and oxygen atoms in total. The summed E-state index contributed by atoms with van der Waals surface area (Å²) >= 11 is 0. The first-order valence-electron chi connectivity index (χ1n) is 5.52. The van der Waals surface area contributed by atoms with Crippen LogP contribution in [0.25, 0.3) is 22.2 Å². The monoisotopic (exact) mass is 234 g/mol. The summed E-state index contributed by atoms with van der Waals surface area (Å²) in [6, 6.07) is 15.1. The molecule has 0 amide bonds. The van der Waals surface area contributed by atoms with Gasteiger partial charge in [-0.1, -0.05) is 12.1 Å². The number of nitrogens with one attached hydrogen (secondary N) is 1. The summed E-state index contributed by atoms with van der Waals surface area (Å²) < 4.78 is 0. The third kappa shape index (κ3) is 1.59. The first kappa shape index (κ1) is 10.4. The van der Waals surface area contributed by atoms with Crippen molar-refractivity contribution in [3.63, 3.8) is 0 Å². The fourth-order valence-electron chi connectivity index (χ4n) is 1.95. The number of fused-ring (bicyclic) bond motifs is 1. The molecule has 18 heavy (non-hydrogen) atoms. The molecule has 1 heterocycles. The molecule has 3 N–H and O–H groups in total. The molecular weight excluding hydrogens is 224 g/mol. The second-order valence-electron chi connectivity index (χ2n) is 4.07. The SMILES string of the molecule is N#Cc1ccc(-c2n[nH]c3ccc(N)cc23)cc1. The van der Waals surface area contributed by atoms with Crippen LogP contribution in [0.3, 0.4) is 0 Å². The Morgan fingerprint density at radius 2 is 1.89 bits per heavy atom. The summed E-state index contributed by atoms with van der Waals surface area (Å²) in [4.78, 5) is 0. The number of aromatic amines is 1. The Hall–Kier alpha value is -2.80. The maximum atomic E-state index is 8.78. The lowest BCUT2D eigenvalue weighted by Crippen LogP contribution is -1.84. The van der Waals surface area contributed by atoms with Crippen LogP contribution in [-0.2, 0) is 0 Å². The van der Waals surface area contributed by atoms with E-state index in [0.717, 1.165) is 22.2 Å². The van der Waals surface area contributed by atoms with Gasteiger partial charge in [0, 0.05) is 16.6 Å². The van der Waals surface area contributed by atoms with E-state index in [9.17, 15) is 0 Å². The maximum absolute atomic E-state index is 8.78. The molecule has 0 aliphatic rings. The van der Waals surface area contributed by atoms with Crippen LogP contribution in [0.15, 0.2) is 42.5 Å². The van der Waals surface area contributed by atoms with E-state index in [1.54, 1.807) is 12.1 Å². The zero-order chi connectivity index (χ0) is 12.5. The Bertz CT molecular complexity index is 748. The molecule has 0 atom stereocenters. The highest BCUT2D eigenvalue weighted by Crippen LogP contribution is 2.27. The van der Waals surface area contributed by atoms with Crippen molar-refractivity contribution in [1.29, 1.82) is 5.26 Å². The van der Waals surface area contributed by atoms with Crippen LogP contribution in [0.5, 0.6) is 0 Å². The zero-order valence-electron chi connectivity index (χ0n) is 9.51. The molecule has 0 unspecified atom stereocenters. The highest BCUT2D eigenvalue weighted by atomic mass is 15.1. The molecule has 3 aromatic rings. The van der Waals surface area contributed by atoms with E-state index in [-0.39, 0.29) is 0 Å². The fraction of sp³-hybridized carbons (Fsp3) is 0. The topological polar surface area (TPSA) is 78.5 Å². The summed E-state index contributed by atoms with van der Waals surface area (Å²) in [5.41, 5.74) is 9.90. The van der Waals surface area contributed by atoms with Crippen molar-refractivity contribution in [3.05, 3.63) is 48.0 Å². The average Bonchev–Trinajstić information content (AvgIpc) is 2.82. The molecule has 0 spiro atoms. The van der Waals surface area contributed by atoms with E-state index < -0.39 is 0 Å². The van der Waals surface area contributed by atoms with Gasteiger partial charge in [-0.15, -0.1) is 0 Å². The van der Waals surface area contributed by atoms with Gasteiger partial charge in [0.1, 0.15) is 0 Å². The molecule has 0 fully saturated rings. The lowest BCUT2D eigenvalue weighted by Gasteiger charge is -1.99. The molecule has 0 radical (unpaired) electrons. The Morgan fingerprint density at radius 1 is 1.11 bits per heavy atom. The second-order valence-corrected chi connectivity index (χ2v) is 4.07. The number of nitrogen functional groups attached to an aromatic ring is 1. The first-order valence-corrected chi connectivity index (χ1v) is 5.52. The Morgan fingerprint density at radius 3 is 2.61 bits per heavy atom. The second kappa shape index (κ2) is 3.90. The van der Waals surface area contributed by atoms with E-state index in [0.29, 0.717) is 11.3 Å². The number of nitrogens with two attached hydrogens (primary N) is 1. The lowest BCUT2D eigenvalue weighted by molar-refractivity contribution is 1.12. The van der Waals surface area contributed by atoms with E-state index in [4.69, 9.17) is 11.0 Å². The quantitative estimate of drug-likeness (QED) is 0.635. The van der Waals surface area contributed by atoms with Crippen molar-refractivity contribution >= 4 is 16.6 Å². The van der Waals surface area contributed by atoms with E-state index in [1.165, 1.54) is 0 Å². The predicted octanol–water partition coefficient (Wildman–Crippen LogP) is 2.68. The first-order chi connectivity index (χ1) is 8.78. The van der Waals surface area contributed by atoms with Crippen LogP contribution in [0, 0.1) is 11.3 Å². The number of H-pyrrole nitrogens is 1. The highest BCUT2D eigenvalue weighted by Gasteiger charge is 2.08. The zero-order valence-corrected chi connectivity index (χ0v) is 9.51. The van der Waals surface area contributed by atoms with Crippen molar-refractivity contribution < 1.29 is 0 Å². The van der Waals surface area contributed by atoms with Gasteiger partial charge in [0.15, 0.2) is 0 Å². The minimum Gasteiger partial charge on any atom is -0.399 e. The van der Waals surface area contributed by atoms with Crippen LogP contribution in [0.4, 0.5) is 5.69 Å². The molecule has 0 bridgehead atoms. The molecule has 1 aromatic heterocycles.